The highest BCUT2D eigenvalue weighted by Gasteiger charge is 2.30. The number of nitrogens with zero attached hydrogens (tertiary/aromatic N) is 2. The monoisotopic (exact) mass is 536 g/mol. The van der Waals surface area contributed by atoms with E-state index in [-0.39, 0.29) is 0 Å². The molecule has 2 nitrogen and oxygen atoms in total. The van der Waals surface area contributed by atoms with Crippen molar-refractivity contribution in [2.24, 2.45) is 0 Å². The molecule has 2 aromatic heterocycles. The van der Waals surface area contributed by atoms with Crippen LogP contribution in [0.1, 0.15) is 11.4 Å². The van der Waals surface area contributed by atoms with Crippen molar-refractivity contribution in [3.05, 3.63) is 157 Å². The zero-order valence-corrected chi connectivity index (χ0v) is 23.2. The molecule has 8 aromatic rings. The largest absolute Gasteiger partial charge is 0.313 e. The Hall–Kier alpha value is -5.34. The number of fused-ring (bicyclic) bond motifs is 8. The van der Waals surface area contributed by atoms with Gasteiger partial charge in [0.15, 0.2) is 0 Å². The van der Waals surface area contributed by atoms with Gasteiger partial charge in [-0.2, -0.15) is 0 Å². The first-order chi connectivity index (χ1) is 20.9. The third-order valence-corrected chi connectivity index (χ3v) is 9.01. The summed E-state index contributed by atoms with van der Waals surface area (Å²) < 4.78 is 5.06. The van der Waals surface area contributed by atoms with Crippen LogP contribution >= 0.6 is 0 Å². The molecule has 2 heterocycles. The molecule has 42 heavy (non-hydrogen) atoms. The van der Waals surface area contributed by atoms with Gasteiger partial charge < -0.3 is 9.13 Å². The molecule has 0 N–H and O–H groups in total. The lowest BCUT2D eigenvalue weighted by Gasteiger charge is -2.21. The zero-order valence-electron chi connectivity index (χ0n) is 23.2. The summed E-state index contributed by atoms with van der Waals surface area (Å²) in [5, 5.41) is 5.20. The van der Waals surface area contributed by atoms with Gasteiger partial charge in [0.1, 0.15) is 0 Å². The molecule has 9 rings (SSSR count). The van der Waals surface area contributed by atoms with Gasteiger partial charge in [0.05, 0.1) is 16.7 Å². The van der Waals surface area contributed by atoms with E-state index in [4.69, 9.17) is 0 Å². The number of rotatable bonds is 3. The second kappa shape index (κ2) is 9.09. The maximum absolute atomic E-state index is 2.54. The molecule has 0 radical (unpaired) electrons. The van der Waals surface area contributed by atoms with Crippen molar-refractivity contribution in [1.82, 2.24) is 9.13 Å². The molecule has 0 aliphatic heterocycles. The molecule has 6 aromatic carbocycles. The number of aromatic nitrogens is 2. The van der Waals surface area contributed by atoms with Gasteiger partial charge in [-0.1, -0.05) is 115 Å². The van der Waals surface area contributed by atoms with E-state index in [1.165, 1.54) is 77.6 Å². The van der Waals surface area contributed by atoms with Crippen molar-refractivity contribution in [2.45, 2.75) is 12.8 Å². The summed E-state index contributed by atoms with van der Waals surface area (Å²) in [6, 6.07) is 53.1. The van der Waals surface area contributed by atoms with Crippen molar-refractivity contribution in [3.63, 3.8) is 0 Å². The van der Waals surface area contributed by atoms with E-state index in [9.17, 15) is 0 Å². The molecule has 0 unspecified atom stereocenters. The molecule has 0 saturated heterocycles. The van der Waals surface area contributed by atoms with E-state index in [0.717, 1.165) is 12.8 Å². The normalized spacial score (nSPS) is 12.6. The molecule has 1 aliphatic rings. The first kappa shape index (κ1) is 23.4. The van der Waals surface area contributed by atoms with Crippen molar-refractivity contribution in [3.8, 4) is 33.6 Å². The SMILES string of the molecule is c1ccc(-c2cccc(-n3c4c(c5ccccc53)-c3c(n(-c5cccc6ccccc56)c5ccccc35)CC4)c2)cc1. The maximum Gasteiger partial charge on any atom is 0.0538 e. The number of benzene rings is 6. The fourth-order valence-corrected chi connectivity index (χ4v) is 7.28. The Morgan fingerprint density at radius 1 is 0.405 bits per heavy atom. The predicted molar refractivity (Wildman–Crippen MR) is 176 cm³/mol. The summed E-state index contributed by atoms with van der Waals surface area (Å²) in [5.74, 6) is 0. The van der Waals surface area contributed by atoms with Gasteiger partial charge in [-0.15, -0.1) is 0 Å². The first-order valence-electron chi connectivity index (χ1n) is 14.8. The highest BCUT2D eigenvalue weighted by Crippen LogP contribution is 2.48. The third-order valence-electron chi connectivity index (χ3n) is 9.01. The van der Waals surface area contributed by atoms with Crippen LogP contribution in [-0.4, -0.2) is 9.13 Å². The standard InChI is InChI=1S/C40H28N2/c1-2-12-27(13-3-1)29-16-10-17-30(26-29)41-35-21-8-6-19-32(35)39-37(41)24-25-38-40(39)33-20-7-9-22-36(33)42(38)34-23-11-15-28-14-4-5-18-31(28)34/h1-23,26H,24-25H2. The Morgan fingerprint density at radius 2 is 0.952 bits per heavy atom. The summed E-state index contributed by atoms with van der Waals surface area (Å²) >= 11 is 0. The Morgan fingerprint density at radius 3 is 1.71 bits per heavy atom. The van der Waals surface area contributed by atoms with E-state index in [1.807, 2.05) is 0 Å². The quantitative estimate of drug-likeness (QED) is 0.213. The second-order valence-corrected chi connectivity index (χ2v) is 11.3. The first-order valence-corrected chi connectivity index (χ1v) is 14.8. The van der Waals surface area contributed by atoms with Crippen molar-refractivity contribution in [1.29, 1.82) is 0 Å². The van der Waals surface area contributed by atoms with Gasteiger partial charge in [-0.25, -0.2) is 0 Å². The highest BCUT2D eigenvalue weighted by atomic mass is 15.0. The number of para-hydroxylation sites is 2. The average Bonchev–Trinajstić information content (AvgIpc) is 3.58. The highest BCUT2D eigenvalue weighted by molar-refractivity contribution is 6.10. The Kier molecular flexibility index (Phi) is 5.06. The summed E-state index contributed by atoms with van der Waals surface area (Å²) in [6.07, 6.45) is 1.96. The fourth-order valence-electron chi connectivity index (χ4n) is 7.28. The van der Waals surface area contributed by atoms with Gasteiger partial charge in [-0.3, -0.25) is 0 Å². The van der Waals surface area contributed by atoms with Gasteiger partial charge in [-0.05, 0) is 59.7 Å². The summed E-state index contributed by atoms with van der Waals surface area (Å²) in [5.41, 5.74) is 13.1. The molecule has 2 heteroatoms. The molecular weight excluding hydrogens is 508 g/mol. The minimum absolute atomic E-state index is 0.980. The summed E-state index contributed by atoms with van der Waals surface area (Å²) in [6.45, 7) is 0. The van der Waals surface area contributed by atoms with Gasteiger partial charge in [0.25, 0.3) is 0 Å². The van der Waals surface area contributed by atoms with E-state index in [1.54, 1.807) is 0 Å². The van der Waals surface area contributed by atoms with Crippen LogP contribution in [-0.2, 0) is 12.8 Å². The Labute approximate surface area is 244 Å². The van der Waals surface area contributed by atoms with Crippen LogP contribution < -0.4 is 0 Å². The van der Waals surface area contributed by atoms with Crippen LogP contribution in [0.2, 0.25) is 0 Å². The lowest BCUT2D eigenvalue weighted by atomic mass is 9.90. The maximum atomic E-state index is 2.54. The molecular formula is C40H28N2. The third kappa shape index (κ3) is 3.33. The molecule has 0 bridgehead atoms. The molecule has 0 amide bonds. The smallest absolute Gasteiger partial charge is 0.0538 e. The summed E-state index contributed by atoms with van der Waals surface area (Å²) in [7, 11) is 0. The lowest BCUT2D eigenvalue weighted by molar-refractivity contribution is 0.824. The molecule has 198 valence electrons. The molecule has 0 fully saturated rings. The molecule has 0 spiro atoms. The van der Waals surface area contributed by atoms with Crippen molar-refractivity contribution in [2.75, 3.05) is 0 Å². The minimum atomic E-state index is 0.980. The van der Waals surface area contributed by atoms with E-state index in [0.29, 0.717) is 0 Å². The van der Waals surface area contributed by atoms with Gasteiger partial charge >= 0.3 is 0 Å². The van der Waals surface area contributed by atoms with Crippen LogP contribution in [0.25, 0.3) is 66.2 Å². The molecule has 1 aliphatic carbocycles. The topological polar surface area (TPSA) is 9.86 Å². The summed E-state index contributed by atoms with van der Waals surface area (Å²) in [4.78, 5) is 0. The predicted octanol–water partition coefficient (Wildman–Crippen LogP) is 10.2. The van der Waals surface area contributed by atoms with E-state index < -0.39 is 0 Å². The zero-order chi connectivity index (χ0) is 27.6. The van der Waals surface area contributed by atoms with Gasteiger partial charge in [0.2, 0.25) is 0 Å². The van der Waals surface area contributed by atoms with E-state index >= 15 is 0 Å². The van der Waals surface area contributed by atoms with Crippen LogP contribution in [0.3, 0.4) is 0 Å². The fraction of sp³-hybridized carbons (Fsp3) is 0.0500. The van der Waals surface area contributed by atoms with E-state index in [2.05, 4.69) is 155 Å². The Bertz CT molecular complexity index is 2290. The second-order valence-electron chi connectivity index (χ2n) is 11.3. The van der Waals surface area contributed by atoms with Crippen LogP contribution in [0.4, 0.5) is 0 Å². The van der Waals surface area contributed by atoms with Crippen molar-refractivity contribution < 1.29 is 0 Å². The van der Waals surface area contributed by atoms with Crippen molar-refractivity contribution >= 4 is 32.6 Å². The Balaban J connectivity index is 1.35. The molecule has 0 saturated carbocycles. The average molecular weight is 537 g/mol. The van der Waals surface area contributed by atoms with Crippen LogP contribution in [0.15, 0.2) is 146 Å². The van der Waals surface area contributed by atoms with Gasteiger partial charge in [0, 0.05) is 44.4 Å². The lowest BCUT2D eigenvalue weighted by Crippen LogP contribution is -2.11. The van der Waals surface area contributed by atoms with Crippen LogP contribution in [0, 0.1) is 0 Å². The number of hydrogen-bond donors (Lipinski definition) is 0. The van der Waals surface area contributed by atoms with Crippen LogP contribution in [0.5, 0.6) is 0 Å². The molecule has 0 atom stereocenters. The number of hydrogen-bond acceptors (Lipinski definition) is 0. The minimum Gasteiger partial charge on any atom is -0.313 e.